The Morgan fingerprint density at radius 2 is 2.14 bits per heavy atom. The van der Waals surface area contributed by atoms with Gasteiger partial charge in [-0.1, -0.05) is 6.92 Å². The van der Waals surface area contributed by atoms with Crippen LogP contribution >= 0.6 is 0 Å². The van der Waals surface area contributed by atoms with Crippen LogP contribution in [0.25, 0.3) is 10.9 Å². The Hall–Kier alpha value is -2.56. The van der Waals surface area contributed by atoms with E-state index in [9.17, 15) is 9.50 Å². The second-order valence-electron chi connectivity index (χ2n) is 4.85. The number of pyridine rings is 1. The quantitative estimate of drug-likeness (QED) is 0.797. The van der Waals surface area contributed by atoms with Crippen molar-refractivity contribution in [2.24, 2.45) is 0 Å². The molecule has 0 atom stereocenters. The molecule has 0 aliphatic heterocycles. The lowest BCUT2D eigenvalue weighted by molar-refractivity contribution is 0.476. The first-order chi connectivity index (χ1) is 10.2. The highest BCUT2D eigenvalue weighted by Gasteiger charge is 2.14. The van der Waals surface area contributed by atoms with E-state index in [4.69, 9.17) is 0 Å². The third-order valence-corrected chi connectivity index (χ3v) is 3.38. The van der Waals surface area contributed by atoms with Gasteiger partial charge in [-0.15, -0.1) is 0 Å². The molecule has 2 heterocycles. The van der Waals surface area contributed by atoms with Gasteiger partial charge in [0.1, 0.15) is 5.75 Å². The summed E-state index contributed by atoms with van der Waals surface area (Å²) < 4.78 is 16.0. The number of nitrogens with zero attached hydrogens (tertiary/aromatic N) is 3. The van der Waals surface area contributed by atoms with Crippen LogP contribution < -0.4 is 5.01 Å². The lowest BCUT2D eigenvalue weighted by Gasteiger charge is -2.26. The van der Waals surface area contributed by atoms with Crippen molar-refractivity contribution in [3.05, 3.63) is 54.7 Å². The predicted octanol–water partition coefficient (Wildman–Crippen LogP) is 3.56. The van der Waals surface area contributed by atoms with Gasteiger partial charge in [0.15, 0.2) is 5.82 Å². The maximum atomic E-state index is 14.1. The van der Waals surface area contributed by atoms with Crippen LogP contribution in [-0.2, 0) is 0 Å². The second kappa shape index (κ2) is 5.44. The monoisotopic (exact) mass is 285 g/mol. The lowest BCUT2D eigenvalue weighted by atomic mass is 10.2. The summed E-state index contributed by atoms with van der Waals surface area (Å²) in [5.74, 6) is -0.135. The van der Waals surface area contributed by atoms with Gasteiger partial charge in [-0.25, -0.2) is 4.39 Å². The second-order valence-corrected chi connectivity index (χ2v) is 4.85. The third-order valence-electron chi connectivity index (χ3n) is 3.38. The molecule has 0 fully saturated rings. The number of halogens is 1. The molecule has 0 unspecified atom stereocenters. The van der Waals surface area contributed by atoms with Gasteiger partial charge in [0, 0.05) is 24.3 Å². The van der Waals surface area contributed by atoms with Crippen molar-refractivity contribution in [2.45, 2.75) is 13.3 Å². The van der Waals surface area contributed by atoms with E-state index in [-0.39, 0.29) is 11.6 Å². The van der Waals surface area contributed by atoms with Crippen LogP contribution in [0.2, 0.25) is 0 Å². The van der Waals surface area contributed by atoms with E-state index < -0.39 is 0 Å². The molecule has 0 radical (unpaired) electrons. The summed E-state index contributed by atoms with van der Waals surface area (Å²) in [6, 6.07) is 8.71. The fourth-order valence-electron chi connectivity index (χ4n) is 2.46. The molecule has 1 aromatic carbocycles. The van der Waals surface area contributed by atoms with E-state index in [1.54, 1.807) is 24.4 Å². The summed E-state index contributed by atoms with van der Waals surface area (Å²) in [5, 5.41) is 12.3. The zero-order valence-corrected chi connectivity index (χ0v) is 11.7. The number of hydrogen-bond donors (Lipinski definition) is 1. The maximum Gasteiger partial charge on any atom is 0.166 e. The van der Waals surface area contributed by atoms with Crippen molar-refractivity contribution < 1.29 is 9.50 Å². The summed E-state index contributed by atoms with van der Waals surface area (Å²) in [7, 11) is 0. The number of aromatic nitrogens is 2. The van der Waals surface area contributed by atoms with Crippen LogP contribution in [0.5, 0.6) is 5.75 Å². The van der Waals surface area contributed by atoms with Crippen LogP contribution in [-0.4, -0.2) is 21.3 Å². The van der Waals surface area contributed by atoms with E-state index in [0.29, 0.717) is 12.2 Å². The molecule has 108 valence electrons. The van der Waals surface area contributed by atoms with Crippen molar-refractivity contribution in [1.82, 2.24) is 9.66 Å². The van der Waals surface area contributed by atoms with Crippen LogP contribution in [0.15, 0.2) is 48.9 Å². The smallest absolute Gasteiger partial charge is 0.166 e. The summed E-state index contributed by atoms with van der Waals surface area (Å²) in [6.45, 7) is 2.72. The molecule has 3 rings (SSSR count). The molecule has 0 aliphatic carbocycles. The molecule has 0 amide bonds. The van der Waals surface area contributed by atoms with Gasteiger partial charge in [0.05, 0.1) is 17.4 Å². The molecule has 5 heteroatoms. The Morgan fingerprint density at radius 1 is 1.29 bits per heavy atom. The van der Waals surface area contributed by atoms with Gasteiger partial charge >= 0.3 is 0 Å². The number of fused-ring (bicyclic) bond motifs is 1. The summed E-state index contributed by atoms with van der Waals surface area (Å²) in [4.78, 5) is 3.80. The number of rotatable bonds is 4. The fourth-order valence-corrected chi connectivity index (χ4v) is 2.46. The molecule has 21 heavy (non-hydrogen) atoms. The molecular weight excluding hydrogens is 269 g/mol. The fraction of sp³-hybridized carbons (Fsp3) is 0.188. The molecule has 2 aromatic heterocycles. The molecule has 4 nitrogen and oxygen atoms in total. The van der Waals surface area contributed by atoms with Gasteiger partial charge in [-0.2, -0.15) is 0 Å². The van der Waals surface area contributed by atoms with E-state index in [2.05, 4.69) is 4.98 Å². The first-order valence-electron chi connectivity index (χ1n) is 6.88. The summed E-state index contributed by atoms with van der Waals surface area (Å²) in [6.07, 6.45) is 5.55. The topological polar surface area (TPSA) is 41.3 Å². The zero-order chi connectivity index (χ0) is 14.8. The molecule has 3 aromatic rings. The zero-order valence-electron chi connectivity index (χ0n) is 11.7. The minimum atomic E-state index is -0.355. The molecule has 0 saturated carbocycles. The Balaban J connectivity index is 2.14. The van der Waals surface area contributed by atoms with Gasteiger partial charge in [0.25, 0.3) is 0 Å². The number of anilines is 1. The van der Waals surface area contributed by atoms with Gasteiger partial charge in [0.2, 0.25) is 0 Å². The minimum absolute atomic E-state index is 0.220. The normalized spacial score (nSPS) is 11.0. The Labute approximate surface area is 122 Å². The van der Waals surface area contributed by atoms with E-state index in [0.717, 1.165) is 17.3 Å². The van der Waals surface area contributed by atoms with Gasteiger partial charge < -0.3 is 5.11 Å². The summed E-state index contributed by atoms with van der Waals surface area (Å²) in [5.41, 5.74) is 1.40. The first kappa shape index (κ1) is 13.4. The van der Waals surface area contributed by atoms with E-state index in [1.807, 2.05) is 34.9 Å². The third kappa shape index (κ3) is 2.42. The van der Waals surface area contributed by atoms with E-state index >= 15 is 0 Å². The van der Waals surface area contributed by atoms with Crippen molar-refractivity contribution >= 4 is 16.6 Å². The number of aromatic hydroxyl groups is 1. The van der Waals surface area contributed by atoms with Gasteiger partial charge in [-0.3, -0.25) is 14.7 Å². The predicted molar refractivity (Wildman–Crippen MR) is 80.8 cm³/mol. The molecular formula is C16H16FN3O. The Morgan fingerprint density at radius 3 is 2.90 bits per heavy atom. The molecule has 0 bridgehead atoms. The van der Waals surface area contributed by atoms with Crippen molar-refractivity contribution in [1.29, 1.82) is 0 Å². The maximum absolute atomic E-state index is 14.1. The number of phenolic OH excluding ortho intramolecular Hbond substituents is 1. The van der Waals surface area contributed by atoms with Crippen LogP contribution in [0, 0.1) is 5.82 Å². The molecule has 0 spiro atoms. The number of benzene rings is 1. The van der Waals surface area contributed by atoms with Crippen molar-refractivity contribution in [3.8, 4) is 5.75 Å². The number of hydrogen-bond acceptors (Lipinski definition) is 3. The Bertz CT molecular complexity index is 769. The van der Waals surface area contributed by atoms with Crippen LogP contribution in [0.4, 0.5) is 10.1 Å². The van der Waals surface area contributed by atoms with Crippen molar-refractivity contribution in [2.75, 3.05) is 11.6 Å². The molecule has 1 N–H and O–H groups in total. The highest BCUT2D eigenvalue weighted by atomic mass is 19.1. The van der Waals surface area contributed by atoms with Crippen LogP contribution in [0.3, 0.4) is 0 Å². The SMILES string of the molecule is CCCN(c1ccncc1F)n1ccc2cc(O)ccc21. The van der Waals surface area contributed by atoms with Gasteiger partial charge in [-0.05, 0) is 36.8 Å². The highest BCUT2D eigenvalue weighted by molar-refractivity contribution is 5.82. The first-order valence-corrected chi connectivity index (χ1v) is 6.88. The Kier molecular flexibility index (Phi) is 3.48. The average Bonchev–Trinajstić information content (AvgIpc) is 2.88. The van der Waals surface area contributed by atoms with Crippen molar-refractivity contribution in [3.63, 3.8) is 0 Å². The lowest BCUT2D eigenvalue weighted by Crippen LogP contribution is -2.30. The number of phenols is 1. The van der Waals surface area contributed by atoms with E-state index in [1.165, 1.54) is 6.20 Å². The standard InChI is InChI=1S/C16H16FN3O/c1-2-8-19(16-5-7-18-11-14(16)17)20-9-6-12-10-13(21)3-4-15(12)20/h3-7,9-11,21H,2,8H2,1H3. The largest absolute Gasteiger partial charge is 0.508 e. The highest BCUT2D eigenvalue weighted by Crippen LogP contribution is 2.25. The van der Waals surface area contributed by atoms with Crippen LogP contribution in [0.1, 0.15) is 13.3 Å². The molecule has 0 saturated heterocycles. The minimum Gasteiger partial charge on any atom is -0.508 e. The summed E-state index contributed by atoms with van der Waals surface area (Å²) >= 11 is 0. The average molecular weight is 285 g/mol. The molecule has 0 aliphatic rings.